The zero-order valence-electron chi connectivity index (χ0n) is 25.0. The highest BCUT2D eigenvalue weighted by Gasteiger charge is 2.85. The molecular weight excluding hydrogens is 520 g/mol. The van der Waals surface area contributed by atoms with Crippen LogP contribution < -0.4 is 0 Å². The minimum atomic E-state index is -1.78. The molecule has 4 aliphatic carbocycles. The molecule has 10 nitrogen and oxygen atoms in total. The van der Waals surface area contributed by atoms with Gasteiger partial charge in [0.2, 0.25) is 0 Å². The summed E-state index contributed by atoms with van der Waals surface area (Å²) < 4.78 is 23.5. The van der Waals surface area contributed by atoms with Gasteiger partial charge in [-0.2, -0.15) is 0 Å². The molecule has 10 atom stereocenters. The number of ether oxygens (including phenoxy) is 4. The van der Waals surface area contributed by atoms with Crippen LogP contribution in [0.3, 0.4) is 0 Å². The molecule has 0 aliphatic heterocycles. The molecule has 4 rings (SSSR count). The molecule has 4 aliphatic rings. The molecule has 4 fully saturated rings. The zero-order chi connectivity index (χ0) is 30.2. The van der Waals surface area contributed by atoms with Crippen molar-refractivity contribution in [1.29, 1.82) is 0 Å². The average Bonchev–Trinajstić information content (AvgIpc) is 3.30. The van der Waals surface area contributed by atoms with Crippen LogP contribution in [0.25, 0.3) is 0 Å². The molecule has 0 aromatic rings. The van der Waals surface area contributed by atoms with Crippen LogP contribution in [0.1, 0.15) is 88.0 Å². The maximum atomic E-state index is 15.0. The molecule has 0 radical (unpaired) electrons. The average molecular weight is 563 g/mol. The van der Waals surface area contributed by atoms with Crippen LogP contribution in [0.5, 0.6) is 0 Å². The number of esters is 4. The minimum Gasteiger partial charge on any atom is -0.461 e. The van der Waals surface area contributed by atoms with Gasteiger partial charge in [0, 0.05) is 44.4 Å². The van der Waals surface area contributed by atoms with Crippen molar-refractivity contribution in [3.05, 3.63) is 0 Å². The van der Waals surface area contributed by atoms with E-state index in [-0.39, 0.29) is 18.6 Å². The van der Waals surface area contributed by atoms with Gasteiger partial charge < -0.3 is 18.9 Å². The van der Waals surface area contributed by atoms with Crippen molar-refractivity contribution >= 4 is 35.4 Å². The van der Waals surface area contributed by atoms with Crippen molar-refractivity contribution in [2.75, 3.05) is 0 Å². The summed E-state index contributed by atoms with van der Waals surface area (Å²) in [5, 5.41) is 0. The summed E-state index contributed by atoms with van der Waals surface area (Å²) in [6.07, 6.45) is -1.87. The number of ketones is 2. The summed E-state index contributed by atoms with van der Waals surface area (Å²) in [4.78, 5) is 79.7. The second-order valence-electron chi connectivity index (χ2n) is 13.4. The van der Waals surface area contributed by atoms with Gasteiger partial charge in [-0.3, -0.25) is 28.8 Å². The lowest BCUT2D eigenvalue weighted by molar-refractivity contribution is -0.227. The van der Waals surface area contributed by atoms with E-state index in [4.69, 9.17) is 18.9 Å². The number of carbonyl (C=O) groups excluding carboxylic acids is 6. The topological polar surface area (TPSA) is 139 Å². The van der Waals surface area contributed by atoms with Crippen molar-refractivity contribution in [1.82, 2.24) is 0 Å². The van der Waals surface area contributed by atoms with Crippen molar-refractivity contribution < 1.29 is 47.7 Å². The highest BCUT2D eigenvalue weighted by Crippen LogP contribution is 2.73. The number of hydrogen-bond donors (Lipinski definition) is 0. The van der Waals surface area contributed by atoms with E-state index in [0.717, 1.165) is 0 Å². The second kappa shape index (κ2) is 9.65. The third-order valence-electron chi connectivity index (χ3n) is 10.4. The first-order valence-corrected chi connectivity index (χ1v) is 14.2. The highest BCUT2D eigenvalue weighted by molar-refractivity contribution is 6.07. The van der Waals surface area contributed by atoms with Crippen molar-refractivity contribution in [3.8, 4) is 0 Å². The fourth-order valence-corrected chi connectivity index (χ4v) is 8.83. The zero-order valence-corrected chi connectivity index (χ0v) is 25.0. The van der Waals surface area contributed by atoms with Crippen LogP contribution >= 0.6 is 0 Å². The van der Waals surface area contributed by atoms with E-state index in [2.05, 4.69) is 0 Å². The maximum Gasteiger partial charge on any atom is 0.306 e. The van der Waals surface area contributed by atoms with Crippen LogP contribution in [-0.4, -0.2) is 59.4 Å². The Balaban J connectivity index is 1.97. The van der Waals surface area contributed by atoms with E-state index < -0.39 is 93.5 Å². The molecule has 10 heteroatoms. The first-order valence-electron chi connectivity index (χ1n) is 14.2. The summed E-state index contributed by atoms with van der Waals surface area (Å²) >= 11 is 0. The van der Waals surface area contributed by atoms with Crippen molar-refractivity contribution in [2.24, 2.45) is 39.9 Å². The Hall–Kier alpha value is -2.78. The summed E-state index contributed by atoms with van der Waals surface area (Å²) in [6.45, 7) is 14.4. The lowest BCUT2D eigenvalue weighted by atomic mass is 9.48. The Kier molecular flexibility index (Phi) is 7.29. The first-order chi connectivity index (χ1) is 18.4. The molecule has 0 amide bonds. The number of carbonyl (C=O) groups is 6. The van der Waals surface area contributed by atoms with E-state index in [0.29, 0.717) is 12.8 Å². The maximum absolute atomic E-state index is 15.0. The quantitative estimate of drug-likeness (QED) is 0.350. The van der Waals surface area contributed by atoms with Crippen LogP contribution in [0.4, 0.5) is 0 Å². The smallest absolute Gasteiger partial charge is 0.306 e. The fraction of sp³-hybridized carbons (Fsp3) is 0.800. The number of hydrogen-bond acceptors (Lipinski definition) is 10. The van der Waals surface area contributed by atoms with Gasteiger partial charge >= 0.3 is 23.9 Å². The Morgan fingerprint density at radius 1 is 0.825 bits per heavy atom. The van der Waals surface area contributed by atoms with E-state index in [1.165, 1.54) is 20.8 Å². The van der Waals surface area contributed by atoms with Gasteiger partial charge in [-0.1, -0.05) is 34.6 Å². The van der Waals surface area contributed by atoms with E-state index in [9.17, 15) is 24.0 Å². The van der Waals surface area contributed by atoms with Gasteiger partial charge in [0.05, 0.1) is 17.3 Å². The Bertz CT molecular complexity index is 1160. The molecule has 0 aromatic heterocycles. The Morgan fingerprint density at radius 2 is 1.40 bits per heavy atom. The Morgan fingerprint density at radius 3 is 1.93 bits per heavy atom. The molecular formula is C30H42O10. The van der Waals surface area contributed by atoms with Gasteiger partial charge in [0.15, 0.2) is 17.2 Å². The largest absolute Gasteiger partial charge is 0.461 e. The predicted octanol–water partition coefficient (Wildman–Crippen LogP) is 3.36. The molecule has 0 heterocycles. The molecule has 0 bridgehead atoms. The number of fused-ring (bicyclic) bond motifs is 4. The third kappa shape index (κ3) is 3.95. The molecule has 40 heavy (non-hydrogen) atoms. The van der Waals surface area contributed by atoms with Gasteiger partial charge in [0.1, 0.15) is 18.3 Å². The molecule has 0 aromatic carbocycles. The standard InChI is InChI=1S/C30H42O10/c1-10-11-19(34)39-22-14(2)12-30(40-17(5)33)21(22)25(38-16(4)32)29(9)23(35)20-18(28(29,8)26(30)36)13-27(6,7)24(20)37-15(3)31/h14,18,20-22,24-25H,10-13H2,1-9H3. The summed E-state index contributed by atoms with van der Waals surface area (Å²) in [5.74, 6) is -6.12. The van der Waals surface area contributed by atoms with Crippen molar-refractivity contribution in [3.63, 3.8) is 0 Å². The Labute approximate surface area is 235 Å². The van der Waals surface area contributed by atoms with Crippen LogP contribution in [0.15, 0.2) is 0 Å². The predicted molar refractivity (Wildman–Crippen MR) is 139 cm³/mol. The fourth-order valence-electron chi connectivity index (χ4n) is 8.83. The number of rotatable bonds is 6. The monoisotopic (exact) mass is 562 g/mol. The van der Waals surface area contributed by atoms with Gasteiger partial charge in [-0.25, -0.2) is 0 Å². The molecule has 10 unspecified atom stereocenters. The highest BCUT2D eigenvalue weighted by atomic mass is 16.6. The lowest BCUT2D eigenvalue weighted by Crippen LogP contribution is -2.72. The van der Waals surface area contributed by atoms with E-state index in [1.54, 1.807) is 20.8 Å². The first kappa shape index (κ1) is 30.2. The minimum absolute atomic E-state index is 0.0476. The SMILES string of the molecule is CCCC(=O)OC1C(C)CC2(OC(C)=O)C(=O)C3(C)C4CC(C)(C)C(OC(C)=O)C4C(=O)C3(C)C(OC(C)=O)C12. The molecule has 0 saturated heterocycles. The van der Waals surface area contributed by atoms with Crippen molar-refractivity contribution in [2.45, 2.75) is 112 Å². The van der Waals surface area contributed by atoms with E-state index in [1.807, 2.05) is 20.8 Å². The normalized spacial score (nSPS) is 42.9. The number of Topliss-reactive ketones (excluding diaryl/α,β-unsaturated/α-hetero) is 2. The third-order valence-corrected chi connectivity index (χ3v) is 10.4. The van der Waals surface area contributed by atoms with Crippen LogP contribution in [-0.2, 0) is 47.7 Å². The van der Waals surface area contributed by atoms with E-state index >= 15 is 4.79 Å². The molecule has 0 spiro atoms. The van der Waals surface area contributed by atoms with Gasteiger partial charge in [-0.05, 0) is 31.6 Å². The summed E-state index contributed by atoms with van der Waals surface area (Å²) in [5.41, 5.74) is -5.40. The van der Waals surface area contributed by atoms with Crippen LogP contribution in [0, 0.1) is 39.9 Å². The van der Waals surface area contributed by atoms with Gasteiger partial charge in [-0.15, -0.1) is 0 Å². The second-order valence-corrected chi connectivity index (χ2v) is 13.4. The van der Waals surface area contributed by atoms with Crippen LogP contribution in [0.2, 0.25) is 0 Å². The molecule has 0 N–H and O–H groups in total. The summed E-state index contributed by atoms with van der Waals surface area (Å²) in [6, 6.07) is 0. The molecule has 4 saturated carbocycles. The summed E-state index contributed by atoms with van der Waals surface area (Å²) in [7, 11) is 0. The lowest BCUT2D eigenvalue weighted by Gasteiger charge is -2.57. The molecule has 222 valence electrons. The van der Waals surface area contributed by atoms with Gasteiger partial charge in [0.25, 0.3) is 0 Å².